The molecule has 0 saturated carbocycles. The van der Waals surface area contributed by atoms with E-state index in [2.05, 4.69) is 6.92 Å². The predicted octanol–water partition coefficient (Wildman–Crippen LogP) is 7.94. The van der Waals surface area contributed by atoms with Gasteiger partial charge in [0.15, 0.2) is 8.23 Å². The van der Waals surface area contributed by atoms with Crippen LogP contribution in [0.25, 0.3) is 11.1 Å². The molecule has 0 aromatic heterocycles. The minimum Gasteiger partial charge on any atom is -0.376 e. The summed E-state index contributed by atoms with van der Waals surface area (Å²) < 4.78 is 87.5. The molecule has 1 saturated heterocycles. The topological polar surface area (TPSA) is 18.5 Å². The van der Waals surface area contributed by atoms with Crippen molar-refractivity contribution in [3.05, 3.63) is 52.6 Å². The molecule has 4 rings (SSSR count). The van der Waals surface area contributed by atoms with Crippen LogP contribution in [-0.4, -0.2) is 25.4 Å². The Bertz CT molecular complexity index is 1040. The van der Waals surface area contributed by atoms with E-state index in [4.69, 9.17) is 9.47 Å². The molecular weight excluding hydrogens is 482 g/mol. The number of aryl methyl sites for hydroxylation is 2. The van der Waals surface area contributed by atoms with Crippen LogP contribution >= 0.6 is 8.23 Å². The summed E-state index contributed by atoms with van der Waals surface area (Å²) in [6.07, 6.45) is 5.19. The van der Waals surface area contributed by atoms with E-state index in [1.165, 1.54) is 24.3 Å². The van der Waals surface area contributed by atoms with E-state index in [-0.39, 0.29) is 40.9 Å². The third kappa shape index (κ3) is 5.28. The van der Waals surface area contributed by atoms with Crippen LogP contribution in [0, 0.1) is 11.6 Å². The summed E-state index contributed by atoms with van der Waals surface area (Å²) in [6, 6.07) is 5.76. The summed E-state index contributed by atoms with van der Waals surface area (Å²) in [5.41, 5.74) is -4.86. The van der Waals surface area contributed by atoms with E-state index in [0.717, 1.165) is 25.7 Å². The van der Waals surface area contributed by atoms with Crippen molar-refractivity contribution in [2.24, 2.45) is 0 Å². The smallest absolute Gasteiger partial charge is 0.326 e. The highest BCUT2D eigenvalue weighted by atomic mass is 31.2. The number of alkyl halides is 2. The number of benzene rings is 2. The summed E-state index contributed by atoms with van der Waals surface area (Å²) in [4.78, 5) is 0. The van der Waals surface area contributed by atoms with Crippen molar-refractivity contribution in [1.29, 1.82) is 0 Å². The molecule has 1 fully saturated rings. The molecule has 3 unspecified atom stereocenters. The van der Waals surface area contributed by atoms with Crippen molar-refractivity contribution in [3.8, 4) is 11.1 Å². The third-order valence-electron chi connectivity index (χ3n) is 6.89. The van der Waals surface area contributed by atoms with Crippen molar-refractivity contribution in [3.63, 3.8) is 0 Å². The molecule has 2 aliphatic rings. The normalized spacial score (nSPS) is 23.1. The molecule has 0 spiro atoms. The van der Waals surface area contributed by atoms with E-state index in [1.54, 1.807) is 0 Å². The molecule has 2 nitrogen and oxygen atoms in total. The SMILES string of the molecule is CCCCOC1CCC(CCc2ccc3c(c2F)C(F)(F)P(F)c2c-3ccc(CCC)c2F)OC1. The lowest BCUT2D eigenvalue weighted by molar-refractivity contribution is -0.0874. The monoisotopic (exact) mass is 514 g/mol. The van der Waals surface area contributed by atoms with Crippen LogP contribution in [0.4, 0.5) is 21.8 Å². The van der Waals surface area contributed by atoms with E-state index < -0.39 is 36.4 Å². The fraction of sp³-hybridized carbons (Fsp3) is 0.556. The number of halogens is 5. The van der Waals surface area contributed by atoms with Crippen LogP contribution in [0.1, 0.15) is 69.1 Å². The Morgan fingerprint density at radius 2 is 1.69 bits per heavy atom. The summed E-state index contributed by atoms with van der Waals surface area (Å²) >= 11 is 0. The summed E-state index contributed by atoms with van der Waals surface area (Å²) in [5.74, 6) is -2.03. The number of hydrogen-bond donors (Lipinski definition) is 0. The van der Waals surface area contributed by atoms with Crippen molar-refractivity contribution in [1.82, 2.24) is 0 Å². The Morgan fingerprint density at radius 3 is 2.34 bits per heavy atom. The Morgan fingerprint density at radius 1 is 0.971 bits per heavy atom. The van der Waals surface area contributed by atoms with E-state index in [1.807, 2.05) is 6.92 Å². The second-order valence-corrected chi connectivity index (χ2v) is 11.0. The van der Waals surface area contributed by atoms with Gasteiger partial charge in [0.1, 0.15) is 11.6 Å². The van der Waals surface area contributed by atoms with E-state index in [0.29, 0.717) is 32.5 Å². The van der Waals surface area contributed by atoms with E-state index >= 15 is 17.4 Å². The van der Waals surface area contributed by atoms with Gasteiger partial charge in [-0.15, -0.1) is 0 Å². The van der Waals surface area contributed by atoms with Crippen LogP contribution in [0.3, 0.4) is 0 Å². The maximum atomic E-state index is 15.4. The average molecular weight is 515 g/mol. The number of hydrogen-bond acceptors (Lipinski definition) is 2. The zero-order chi connectivity index (χ0) is 25.2. The lowest BCUT2D eigenvalue weighted by Gasteiger charge is -2.32. The first-order chi connectivity index (χ1) is 16.8. The maximum Gasteiger partial charge on any atom is 0.326 e. The molecule has 0 bridgehead atoms. The van der Waals surface area contributed by atoms with Crippen LogP contribution in [0.5, 0.6) is 0 Å². The maximum absolute atomic E-state index is 15.4. The van der Waals surface area contributed by atoms with Gasteiger partial charge in [-0.05, 0) is 60.8 Å². The standard InChI is InChI=1S/C27H32F5O2P/c1-3-5-15-33-20-12-11-19(34-16-20)10-7-18-8-13-21-22-14-9-17(6-4-2)25(29)26(22)35(32)27(30,31)23(21)24(18)28/h8-9,13-14,19-20H,3-7,10-12,15-16H2,1-2H3. The van der Waals surface area contributed by atoms with Gasteiger partial charge in [0, 0.05) is 6.61 Å². The first-order valence-electron chi connectivity index (χ1n) is 12.5. The molecule has 192 valence electrons. The lowest BCUT2D eigenvalue weighted by Crippen LogP contribution is -2.32. The zero-order valence-corrected chi connectivity index (χ0v) is 21.1. The number of fused-ring (bicyclic) bond motifs is 3. The summed E-state index contributed by atoms with van der Waals surface area (Å²) in [6.45, 7) is 5.10. The second-order valence-electron chi connectivity index (χ2n) is 9.39. The molecule has 8 heteroatoms. The summed E-state index contributed by atoms with van der Waals surface area (Å²) in [7, 11) is -3.73. The first-order valence-corrected chi connectivity index (χ1v) is 13.7. The fourth-order valence-electron chi connectivity index (χ4n) is 4.90. The van der Waals surface area contributed by atoms with Crippen molar-refractivity contribution in [2.75, 3.05) is 13.2 Å². The molecule has 2 aromatic carbocycles. The molecule has 3 atom stereocenters. The highest BCUT2D eigenvalue weighted by Gasteiger charge is 2.53. The molecule has 2 heterocycles. The molecule has 2 aromatic rings. The minimum atomic E-state index is -4.10. The highest BCUT2D eigenvalue weighted by molar-refractivity contribution is 7.61. The van der Waals surface area contributed by atoms with Crippen molar-refractivity contribution in [2.45, 2.75) is 83.1 Å². The highest BCUT2D eigenvalue weighted by Crippen LogP contribution is 2.65. The molecule has 0 amide bonds. The van der Waals surface area contributed by atoms with Gasteiger partial charge < -0.3 is 9.47 Å². The van der Waals surface area contributed by atoms with Crippen LogP contribution < -0.4 is 5.30 Å². The summed E-state index contributed by atoms with van der Waals surface area (Å²) in [5, 5.41) is -0.609. The van der Waals surface area contributed by atoms with Crippen molar-refractivity contribution < 1.29 is 31.2 Å². The third-order valence-corrected chi connectivity index (χ3v) is 8.43. The van der Waals surface area contributed by atoms with Gasteiger partial charge in [-0.25, -0.2) is 13.0 Å². The van der Waals surface area contributed by atoms with Gasteiger partial charge in [0.2, 0.25) is 0 Å². The molecule has 0 aliphatic carbocycles. The zero-order valence-electron chi connectivity index (χ0n) is 20.2. The Labute approximate surface area is 205 Å². The molecular formula is C27H32F5O2P. The number of unbranched alkanes of at least 4 members (excludes halogenated alkanes) is 1. The fourth-order valence-corrected chi connectivity index (χ4v) is 6.32. The molecule has 35 heavy (non-hydrogen) atoms. The van der Waals surface area contributed by atoms with Crippen LogP contribution in [0.2, 0.25) is 0 Å². The Balaban J connectivity index is 1.52. The van der Waals surface area contributed by atoms with Crippen LogP contribution in [0.15, 0.2) is 24.3 Å². The van der Waals surface area contributed by atoms with Gasteiger partial charge in [0.25, 0.3) is 0 Å². The molecule has 0 N–H and O–H groups in total. The molecule has 0 radical (unpaired) electrons. The van der Waals surface area contributed by atoms with Crippen LogP contribution in [-0.2, 0) is 28.0 Å². The minimum absolute atomic E-state index is 0.0204. The van der Waals surface area contributed by atoms with Crippen molar-refractivity contribution >= 4 is 13.5 Å². The molecule has 2 aliphatic heterocycles. The largest absolute Gasteiger partial charge is 0.376 e. The Hall–Kier alpha value is -1.56. The lowest BCUT2D eigenvalue weighted by atomic mass is 9.92. The average Bonchev–Trinajstić information content (AvgIpc) is 2.84. The van der Waals surface area contributed by atoms with Gasteiger partial charge in [-0.2, -0.15) is 8.78 Å². The van der Waals surface area contributed by atoms with Gasteiger partial charge in [0.05, 0.1) is 29.7 Å². The number of rotatable bonds is 9. The van der Waals surface area contributed by atoms with E-state index in [9.17, 15) is 4.39 Å². The van der Waals surface area contributed by atoms with Gasteiger partial charge in [-0.1, -0.05) is 51.0 Å². The van der Waals surface area contributed by atoms with Gasteiger partial charge >= 0.3 is 5.66 Å². The predicted molar refractivity (Wildman–Crippen MR) is 129 cm³/mol. The number of ether oxygens (including phenoxy) is 2. The first kappa shape index (κ1) is 26.5. The Kier molecular flexibility index (Phi) is 8.50. The quantitative estimate of drug-likeness (QED) is 0.192. The second kappa shape index (κ2) is 11.2. The van der Waals surface area contributed by atoms with Gasteiger partial charge in [-0.3, -0.25) is 0 Å².